The van der Waals surface area contributed by atoms with Crippen LogP contribution in [-0.4, -0.2) is 56.5 Å². The molecule has 1 aliphatic carbocycles. The van der Waals surface area contributed by atoms with Crippen LogP contribution < -0.4 is 10.6 Å². The SMILES string of the molecule is COC(=O)c1ccc(CN=C(NCC(=O)N(C)C)NC2CCCCC2)cc1.I. The van der Waals surface area contributed by atoms with Gasteiger partial charge in [-0.3, -0.25) is 4.79 Å². The van der Waals surface area contributed by atoms with Crippen LogP contribution in [0.3, 0.4) is 0 Å². The summed E-state index contributed by atoms with van der Waals surface area (Å²) in [6.07, 6.45) is 5.96. The number of ether oxygens (including phenoxy) is 1. The number of carbonyl (C=O) groups excluding carboxylic acids is 2. The van der Waals surface area contributed by atoms with E-state index in [9.17, 15) is 9.59 Å². The monoisotopic (exact) mass is 502 g/mol. The number of nitrogens with zero attached hydrogens (tertiary/aromatic N) is 2. The number of benzene rings is 1. The normalized spacial score (nSPS) is 14.6. The number of aliphatic imine (C=N–C) groups is 1. The van der Waals surface area contributed by atoms with Crippen LogP contribution in [0.15, 0.2) is 29.3 Å². The maximum Gasteiger partial charge on any atom is 0.337 e. The molecule has 0 aromatic heterocycles. The molecule has 1 aliphatic rings. The van der Waals surface area contributed by atoms with Crippen molar-refractivity contribution in [2.24, 2.45) is 4.99 Å². The molecule has 0 bridgehead atoms. The predicted molar refractivity (Wildman–Crippen MR) is 121 cm³/mol. The number of rotatable bonds is 6. The summed E-state index contributed by atoms with van der Waals surface area (Å²) in [5, 5.41) is 6.58. The van der Waals surface area contributed by atoms with E-state index in [2.05, 4.69) is 15.6 Å². The largest absolute Gasteiger partial charge is 0.465 e. The molecular formula is C20H31IN4O3. The fourth-order valence-electron chi connectivity index (χ4n) is 2.94. The van der Waals surface area contributed by atoms with Gasteiger partial charge in [0.25, 0.3) is 0 Å². The van der Waals surface area contributed by atoms with Gasteiger partial charge in [0.1, 0.15) is 0 Å². The lowest BCUT2D eigenvalue weighted by atomic mass is 9.96. The molecule has 0 aliphatic heterocycles. The van der Waals surface area contributed by atoms with Crippen molar-refractivity contribution in [3.8, 4) is 0 Å². The summed E-state index contributed by atoms with van der Waals surface area (Å²) < 4.78 is 4.71. The Balaban J connectivity index is 0.00000392. The van der Waals surface area contributed by atoms with E-state index in [4.69, 9.17) is 4.74 Å². The minimum atomic E-state index is -0.353. The predicted octanol–water partition coefficient (Wildman–Crippen LogP) is 2.55. The third-order valence-corrected chi connectivity index (χ3v) is 4.65. The minimum Gasteiger partial charge on any atom is -0.465 e. The van der Waals surface area contributed by atoms with Crippen molar-refractivity contribution in [3.63, 3.8) is 0 Å². The van der Waals surface area contributed by atoms with Crippen LogP contribution in [0.4, 0.5) is 0 Å². The molecule has 0 unspecified atom stereocenters. The van der Waals surface area contributed by atoms with Crippen molar-refractivity contribution in [1.82, 2.24) is 15.5 Å². The molecule has 0 radical (unpaired) electrons. The van der Waals surface area contributed by atoms with Gasteiger partial charge in [-0.25, -0.2) is 9.79 Å². The number of halogens is 1. The van der Waals surface area contributed by atoms with Gasteiger partial charge >= 0.3 is 5.97 Å². The van der Waals surface area contributed by atoms with Crippen LogP contribution in [0.2, 0.25) is 0 Å². The van der Waals surface area contributed by atoms with E-state index in [1.165, 1.54) is 26.4 Å². The van der Waals surface area contributed by atoms with Crippen molar-refractivity contribution < 1.29 is 14.3 Å². The number of methoxy groups -OCH3 is 1. The number of esters is 1. The Hall–Kier alpha value is -1.84. The van der Waals surface area contributed by atoms with Gasteiger partial charge in [0.2, 0.25) is 5.91 Å². The van der Waals surface area contributed by atoms with Crippen molar-refractivity contribution in [1.29, 1.82) is 0 Å². The number of nitrogens with one attached hydrogen (secondary N) is 2. The molecule has 2 rings (SSSR count). The lowest BCUT2D eigenvalue weighted by Crippen LogP contribution is -2.47. The highest BCUT2D eigenvalue weighted by Gasteiger charge is 2.15. The van der Waals surface area contributed by atoms with Gasteiger partial charge in [0.15, 0.2) is 5.96 Å². The van der Waals surface area contributed by atoms with E-state index < -0.39 is 0 Å². The van der Waals surface area contributed by atoms with Crippen molar-refractivity contribution >= 4 is 41.8 Å². The van der Waals surface area contributed by atoms with Crippen LogP contribution in [0, 0.1) is 0 Å². The highest BCUT2D eigenvalue weighted by atomic mass is 127. The molecule has 1 amide bonds. The Morgan fingerprint density at radius 3 is 2.36 bits per heavy atom. The smallest absolute Gasteiger partial charge is 0.337 e. The summed E-state index contributed by atoms with van der Waals surface area (Å²) in [6, 6.07) is 7.57. The molecular weight excluding hydrogens is 471 g/mol. The van der Waals surface area contributed by atoms with Crippen molar-refractivity contribution in [3.05, 3.63) is 35.4 Å². The number of hydrogen-bond acceptors (Lipinski definition) is 4. The zero-order valence-corrected chi connectivity index (χ0v) is 19.2. The van der Waals surface area contributed by atoms with E-state index in [1.807, 2.05) is 12.1 Å². The molecule has 0 spiro atoms. The van der Waals surface area contributed by atoms with Crippen LogP contribution in [0.1, 0.15) is 48.0 Å². The molecule has 1 fully saturated rings. The Labute approximate surface area is 184 Å². The van der Waals surface area contributed by atoms with Crippen LogP contribution >= 0.6 is 24.0 Å². The molecule has 28 heavy (non-hydrogen) atoms. The summed E-state index contributed by atoms with van der Waals surface area (Å²) in [5.74, 6) is 0.290. The third kappa shape index (κ3) is 8.04. The second-order valence-electron chi connectivity index (χ2n) is 6.97. The molecule has 156 valence electrons. The lowest BCUT2D eigenvalue weighted by Gasteiger charge is -2.25. The summed E-state index contributed by atoms with van der Waals surface area (Å²) >= 11 is 0. The molecule has 1 aromatic rings. The van der Waals surface area contributed by atoms with E-state index >= 15 is 0 Å². The summed E-state index contributed by atoms with van der Waals surface area (Å²) in [5.41, 5.74) is 1.49. The Morgan fingerprint density at radius 2 is 1.79 bits per heavy atom. The van der Waals surface area contributed by atoms with Gasteiger partial charge < -0.3 is 20.3 Å². The fraction of sp³-hybridized carbons (Fsp3) is 0.550. The van der Waals surface area contributed by atoms with Crippen molar-refractivity contribution in [2.75, 3.05) is 27.7 Å². The number of guanidine groups is 1. The van der Waals surface area contributed by atoms with Gasteiger partial charge in [-0.1, -0.05) is 31.4 Å². The molecule has 0 heterocycles. The first-order valence-electron chi connectivity index (χ1n) is 9.42. The zero-order valence-electron chi connectivity index (χ0n) is 16.9. The van der Waals surface area contributed by atoms with Gasteiger partial charge in [0.05, 0.1) is 25.8 Å². The molecule has 2 N–H and O–H groups in total. The molecule has 1 aromatic carbocycles. The zero-order chi connectivity index (χ0) is 19.6. The average molecular weight is 502 g/mol. The van der Waals surface area contributed by atoms with E-state index in [0.29, 0.717) is 24.1 Å². The second kappa shape index (κ2) is 12.6. The number of likely N-dealkylation sites (N-methyl/N-ethyl adjacent to an activating group) is 1. The Morgan fingerprint density at radius 1 is 1.14 bits per heavy atom. The first kappa shape index (κ1) is 24.2. The summed E-state index contributed by atoms with van der Waals surface area (Å²) in [4.78, 5) is 29.6. The first-order valence-corrected chi connectivity index (χ1v) is 9.42. The van der Waals surface area contributed by atoms with Crippen molar-refractivity contribution in [2.45, 2.75) is 44.7 Å². The van der Waals surface area contributed by atoms with Gasteiger partial charge in [-0.2, -0.15) is 0 Å². The van der Waals surface area contributed by atoms with Gasteiger partial charge in [0, 0.05) is 20.1 Å². The molecule has 8 heteroatoms. The fourth-order valence-corrected chi connectivity index (χ4v) is 2.94. The van der Waals surface area contributed by atoms with Crippen LogP contribution in [0.5, 0.6) is 0 Å². The lowest BCUT2D eigenvalue weighted by molar-refractivity contribution is -0.127. The highest BCUT2D eigenvalue weighted by molar-refractivity contribution is 14.0. The summed E-state index contributed by atoms with van der Waals surface area (Å²) in [6.45, 7) is 0.659. The Kier molecular flexibility index (Phi) is 10.9. The molecule has 0 saturated heterocycles. The van der Waals surface area contributed by atoms with Crippen LogP contribution in [-0.2, 0) is 16.1 Å². The van der Waals surface area contributed by atoms with E-state index in [1.54, 1.807) is 31.1 Å². The van der Waals surface area contributed by atoms with Gasteiger partial charge in [-0.15, -0.1) is 24.0 Å². The topological polar surface area (TPSA) is 83.0 Å². The second-order valence-corrected chi connectivity index (χ2v) is 6.97. The third-order valence-electron chi connectivity index (χ3n) is 4.65. The van der Waals surface area contributed by atoms with E-state index in [-0.39, 0.29) is 42.4 Å². The first-order chi connectivity index (χ1) is 13.0. The minimum absolute atomic E-state index is 0. The van der Waals surface area contributed by atoms with Crippen LogP contribution in [0.25, 0.3) is 0 Å². The molecule has 7 nitrogen and oxygen atoms in total. The summed E-state index contributed by atoms with van der Waals surface area (Å²) in [7, 11) is 4.83. The maximum atomic E-state index is 11.9. The number of hydrogen-bond donors (Lipinski definition) is 2. The van der Waals surface area contributed by atoms with E-state index in [0.717, 1.165) is 18.4 Å². The number of carbonyl (C=O) groups is 2. The maximum absolute atomic E-state index is 11.9. The average Bonchev–Trinajstić information content (AvgIpc) is 2.70. The Bertz CT molecular complexity index is 656. The number of amides is 1. The standard InChI is InChI=1S/C20H30N4O3.HI/c1-24(2)18(25)14-22-20(23-17-7-5-4-6-8-17)21-13-15-9-11-16(12-10-15)19(26)27-3;/h9-12,17H,4-8,13-14H2,1-3H3,(H2,21,22,23);1H. The van der Waals surface area contributed by atoms with Gasteiger partial charge in [-0.05, 0) is 30.5 Å². The highest BCUT2D eigenvalue weighted by Crippen LogP contribution is 2.17. The molecule has 0 atom stereocenters. The quantitative estimate of drug-likeness (QED) is 0.271. The molecule has 1 saturated carbocycles.